The number of nitrogens with two attached hydrogens (primary N) is 1. The van der Waals surface area contributed by atoms with Gasteiger partial charge in [0, 0.05) is 11.1 Å². The van der Waals surface area contributed by atoms with E-state index in [1.165, 1.54) is 12.8 Å². The lowest BCUT2D eigenvalue weighted by Crippen LogP contribution is -2.39. The minimum atomic E-state index is 0.191. The lowest BCUT2D eigenvalue weighted by Gasteiger charge is -2.28. The molecule has 3 heteroatoms. The first kappa shape index (κ1) is 11.9. The van der Waals surface area contributed by atoms with Crippen LogP contribution in [-0.4, -0.2) is 12.1 Å². The summed E-state index contributed by atoms with van der Waals surface area (Å²) in [5.74, 6) is 0. The van der Waals surface area contributed by atoms with Gasteiger partial charge in [0.15, 0.2) is 0 Å². The monoisotopic (exact) mass is 239 g/mol. The molecule has 2 nitrogen and oxygen atoms in total. The number of hydrogen-bond acceptors (Lipinski definition) is 2. The summed E-state index contributed by atoms with van der Waals surface area (Å²) in [6.07, 6.45) is 4.80. The van der Waals surface area contributed by atoms with E-state index in [4.69, 9.17) is 22.1 Å². The summed E-state index contributed by atoms with van der Waals surface area (Å²) in [4.78, 5) is 0. The molecule has 2 unspecified atom stereocenters. The molecule has 1 aromatic rings. The third kappa shape index (κ3) is 2.97. The van der Waals surface area contributed by atoms with Gasteiger partial charge >= 0.3 is 0 Å². The fourth-order valence-corrected chi connectivity index (χ4v) is 2.34. The Labute approximate surface area is 102 Å². The predicted octanol–water partition coefficient (Wildman–Crippen LogP) is 3.13. The van der Waals surface area contributed by atoms with Crippen LogP contribution in [0.1, 0.15) is 31.2 Å². The standard InChI is InChI=1S/C13H18ClNO/c14-11-6-2-1-5-10(11)9-16-13-8-4-3-7-12(13)15/h1-2,5-6,12-13H,3-4,7-9,15H2. The molecular weight excluding hydrogens is 222 g/mol. The van der Waals surface area contributed by atoms with Gasteiger partial charge in [-0.25, -0.2) is 0 Å². The maximum Gasteiger partial charge on any atom is 0.0735 e. The normalized spacial score (nSPS) is 25.6. The first-order valence-electron chi connectivity index (χ1n) is 5.88. The first-order valence-corrected chi connectivity index (χ1v) is 6.26. The van der Waals surface area contributed by atoms with Crippen molar-refractivity contribution >= 4 is 11.6 Å². The summed E-state index contributed by atoms with van der Waals surface area (Å²) in [5, 5.41) is 0.770. The molecule has 0 saturated heterocycles. The molecule has 16 heavy (non-hydrogen) atoms. The summed E-state index contributed by atoms with van der Waals surface area (Å²) < 4.78 is 5.85. The van der Waals surface area contributed by atoms with Gasteiger partial charge in [0.2, 0.25) is 0 Å². The van der Waals surface area contributed by atoms with Crippen LogP contribution in [0.5, 0.6) is 0 Å². The molecule has 0 aliphatic heterocycles. The van der Waals surface area contributed by atoms with E-state index in [9.17, 15) is 0 Å². The summed E-state index contributed by atoms with van der Waals surface area (Å²) in [7, 11) is 0. The minimum absolute atomic E-state index is 0.191. The van der Waals surface area contributed by atoms with E-state index in [-0.39, 0.29) is 12.1 Å². The van der Waals surface area contributed by atoms with E-state index in [1.807, 2.05) is 24.3 Å². The molecule has 2 rings (SSSR count). The molecule has 1 aliphatic rings. The predicted molar refractivity (Wildman–Crippen MR) is 66.5 cm³/mol. The number of hydrogen-bond donors (Lipinski definition) is 1. The lowest BCUT2D eigenvalue weighted by molar-refractivity contribution is 0.00408. The van der Waals surface area contributed by atoms with Crippen molar-refractivity contribution in [2.45, 2.75) is 44.4 Å². The molecule has 1 fully saturated rings. The van der Waals surface area contributed by atoms with Gasteiger partial charge in [0.05, 0.1) is 12.7 Å². The third-order valence-corrected chi connectivity index (χ3v) is 3.53. The van der Waals surface area contributed by atoms with Crippen molar-refractivity contribution in [3.05, 3.63) is 34.9 Å². The number of rotatable bonds is 3. The van der Waals surface area contributed by atoms with Gasteiger partial charge in [-0.05, 0) is 24.5 Å². The van der Waals surface area contributed by atoms with Crippen molar-refractivity contribution < 1.29 is 4.74 Å². The van der Waals surface area contributed by atoms with E-state index in [0.29, 0.717) is 6.61 Å². The second-order valence-electron chi connectivity index (χ2n) is 4.39. The SMILES string of the molecule is NC1CCCCC1OCc1ccccc1Cl. The molecule has 0 radical (unpaired) electrons. The molecule has 0 bridgehead atoms. The van der Waals surface area contributed by atoms with Gasteiger partial charge in [0.25, 0.3) is 0 Å². The molecule has 1 aromatic carbocycles. The van der Waals surface area contributed by atoms with E-state index in [2.05, 4.69) is 0 Å². The maximum atomic E-state index is 6.07. The van der Waals surface area contributed by atoms with Crippen LogP contribution in [0.4, 0.5) is 0 Å². The van der Waals surface area contributed by atoms with Crippen LogP contribution < -0.4 is 5.73 Å². The van der Waals surface area contributed by atoms with Crippen LogP contribution in [0.2, 0.25) is 5.02 Å². The third-order valence-electron chi connectivity index (χ3n) is 3.16. The largest absolute Gasteiger partial charge is 0.372 e. The van der Waals surface area contributed by atoms with Gasteiger partial charge in [0.1, 0.15) is 0 Å². The first-order chi connectivity index (χ1) is 7.77. The molecule has 0 spiro atoms. The van der Waals surface area contributed by atoms with Crippen LogP contribution in [0.15, 0.2) is 24.3 Å². The smallest absolute Gasteiger partial charge is 0.0735 e. The van der Waals surface area contributed by atoms with Gasteiger partial charge < -0.3 is 10.5 Å². The van der Waals surface area contributed by atoms with Crippen molar-refractivity contribution in [1.82, 2.24) is 0 Å². The van der Waals surface area contributed by atoms with Crippen molar-refractivity contribution in [2.75, 3.05) is 0 Å². The topological polar surface area (TPSA) is 35.2 Å². The summed E-state index contributed by atoms with van der Waals surface area (Å²) in [6.45, 7) is 0.568. The highest BCUT2D eigenvalue weighted by Gasteiger charge is 2.22. The minimum Gasteiger partial charge on any atom is -0.372 e. The van der Waals surface area contributed by atoms with Crippen LogP contribution >= 0.6 is 11.6 Å². The van der Waals surface area contributed by atoms with Crippen molar-refractivity contribution in [1.29, 1.82) is 0 Å². The molecule has 0 heterocycles. The molecular formula is C13H18ClNO. The molecule has 2 N–H and O–H groups in total. The fraction of sp³-hybridized carbons (Fsp3) is 0.538. The molecule has 1 aliphatic carbocycles. The Kier molecular flexibility index (Phi) is 4.22. The zero-order chi connectivity index (χ0) is 11.4. The highest BCUT2D eigenvalue weighted by Crippen LogP contribution is 2.22. The number of ether oxygens (including phenoxy) is 1. The highest BCUT2D eigenvalue weighted by atomic mass is 35.5. The van der Waals surface area contributed by atoms with Gasteiger partial charge in [-0.2, -0.15) is 0 Å². The Morgan fingerprint density at radius 3 is 2.75 bits per heavy atom. The van der Waals surface area contributed by atoms with Crippen molar-refractivity contribution in [2.24, 2.45) is 5.73 Å². The van der Waals surface area contributed by atoms with E-state index < -0.39 is 0 Å². The number of halogens is 1. The van der Waals surface area contributed by atoms with Crippen molar-refractivity contribution in [3.8, 4) is 0 Å². The Morgan fingerprint density at radius 1 is 1.25 bits per heavy atom. The molecule has 88 valence electrons. The van der Waals surface area contributed by atoms with E-state index in [0.717, 1.165) is 23.4 Å². The Hall–Kier alpha value is -0.570. The second kappa shape index (κ2) is 5.67. The van der Waals surface area contributed by atoms with Gasteiger partial charge in [-0.3, -0.25) is 0 Å². The molecule has 2 atom stereocenters. The zero-order valence-electron chi connectivity index (χ0n) is 9.36. The average Bonchev–Trinajstić information content (AvgIpc) is 2.30. The van der Waals surface area contributed by atoms with Crippen molar-refractivity contribution in [3.63, 3.8) is 0 Å². The molecule has 0 aromatic heterocycles. The van der Waals surface area contributed by atoms with Crippen LogP contribution in [0.25, 0.3) is 0 Å². The molecule has 0 amide bonds. The lowest BCUT2D eigenvalue weighted by atomic mass is 9.93. The van der Waals surface area contributed by atoms with Crippen LogP contribution in [-0.2, 0) is 11.3 Å². The average molecular weight is 240 g/mol. The van der Waals surface area contributed by atoms with Crippen LogP contribution in [0, 0.1) is 0 Å². The summed E-state index contributed by atoms with van der Waals surface area (Å²) in [5.41, 5.74) is 7.07. The molecule has 1 saturated carbocycles. The van der Waals surface area contributed by atoms with Gasteiger partial charge in [-0.15, -0.1) is 0 Å². The number of benzene rings is 1. The van der Waals surface area contributed by atoms with Crippen LogP contribution in [0.3, 0.4) is 0 Å². The highest BCUT2D eigenvalue weighted by molar-refractivity contribution is 6.31. The Balaban J connectivity index is 1.89. The fourth-order valence-electron chi connectivity index (χ4n) is 2.14. The van der Waals surface area contributed by atoms with E-state index in [1.54, 1.807) is 0 Å². The quantitative estimate of drug-likeness (QED) is 0.880. The van der Waals surface area contributed by atoms with E-state index >= 15 is 0 Å². The Morgan fingerprint density at radius 2 is 2.00 bits per heavy atom. The summed E-state index contributed by atoms with van der Waals surface area (Å²) >= 11 is 6.07. The van der Waals surface area contributed by atoms with Gasteiger partial charge in [-0.1, -0.05) is 42.6 Å². The zero-order valence-corrected chi connectivity index (χ0v) is 10.1. The maximum absolute atomic E-state index is 6.07. The Bertz CT molecular complexity index is 342. The summed E-state index contributed by atoms with van der Waals surface area (Å²) in [6, 6.07) is 7.98. The second-order valence-corrected chi connectivity index (χ2v) is 4.80.